The molecule has 0 unspecified atom stereocenters. The van der Waals surface area contributed by atoms with Crippen molar-refractivity contribution in [2.45, 2.75) is 11.3 Å². The third kappa shape index (κ3) is 6.99. The second-order valence-electron chi connectivity index (χ2n) is 8.73. The van der Waals surface area contributed by atoms with Crippen LogP contribution in [0.25, 0.3) is 0 Å². The first-order valence-electron chi connectivity index (χ1n) is 12.4. The monoisotopic (exact) mass is 577 g/mol. The third-order valence-electron chi connectivity index (χ3n) is 6.02. The van der Waals surface area contributed by atoms with E-state index in [0.717, 1.165) is 9.87 Å². The number of nitrogens with zero attached hydrogens (tertiary/aromatic N) is 1. The summed E-state index contributed by atoms with van der Waals surface area (Å²) < 4.78 is 33.7. The van der Waals surface area contributed by atoms with Gasteiger partial charge in [0.2, 0.25) is 5.91 Å². The highest BCUT2D eigenvalue weighted by molar-refractivity contribution is 7.92. The Balaban J connectivity index is 1.56. The Hall–Kier alpha value is -4.34. The van der Waals surface area contributed by atoms with Crippen LogP contribution in [0.3, 0.4) is 0 Å². The maximum atomic E-state index is 13.7. The predicted octanol–water partition coefficient (Wildman–Crippen LogP) is 5.16. The molecule has 2 amide bonds. The van der Waals surface area contributed by atoms with E-state index in [2.05, 4.69) is 10.6 Å². The maximum absolute atomic E-state index is 13.7. The minimum absolute atomic E-state index is 0.0111. The fraction of sp³-hybridized carbons (Fsp3) is 0.133. The van der Waals surface area contributed by atoms with E-state index in [1.807, 2.05) is 30.3 Å². The lowest BCUT2D eigenvalue weighted by atomic mass is 10.1. The summed E-state index contributed by atoms with van der Waals surface area (Å²) in [6.45, 7) is -0.194. The Morgan fingerprint density at radius 2 is 1.52 bits per heavy atom. The van der Waals surface area contributed by atoms with Gasteiger partial charge >= 0.3 is 0 Å². The lowest BCUT2D eigenvalue weighted by Gasteiger charge is -2.26. The van der Waals surface area contributed by atoms with Crippen LogP contribution in [0, 0.1) is 0 Å². The zero-order valence-electron chi connectivity index (χ0n) is 21.7. The van der Waals surface area contributed by atoms with Crippen LogP contribution < -0.4 is 19.7 Å². The molecule has 0 radical (unpaired) electrons. The van der Waals surface area contributed by atoms with Gasteiger partial charge in [0, 0.05) is 11.6 Å². The number of hydrogen-bond donors (Lipinski definition) is 2. The zero-order chi connectivity index (χ0) is 28.5. The van der Waals surface area contributed by atoms with Gasteiger partial charge in [-0.15, -0.1) is 0 Å². The third-order valence-corrected chi connectivity index (χ3v) is 8.02. The van der Waals surface area contributed by atoms with Crippen molar-refractivity contribution in [2.75, 3.05) is 29.8 Å². The van der Waals surface area contributed by atoms with Crippen LogP contribution >= 0.6 is 11.6 Å². The molecule has 0 bridgehead atoms. The number of anilines is 2. The van der Waals surface area contributed by atoms with Gasteiger partial charge in [0.1, 0.15) is 12.3 Å². The summed E-state index contributed by atoms with van der Waals surface area (Å²) in [7, 11) is -2.81. The van der Waals surface area contributed by atoms with Gasteiger partial charge in [0.25, 0.3) is 15.9 Å². The molecule has 0 spiro atoms. The molecule has 0 saturated heterocycles. The molecule has 0 atom stereocenters. The second-order valence-corrected chi connectivity index (χ2v) is 11.0. The summed E-state index contributed by atoms with van der Waals surface area (Å²) in [5.74, 6) is -0.807. The number of carbonyl (C=O) groups is 2. The van der Waals surface area contributed by atoms with Crippen LogP contribution in [-0.4, -0.2) is 40.4 Å². The zero-order valence-corrected chi connectivity index (χ0v) is 23.3. The molecule has 0 aliphatic rings. The number of amides is 2. The Bertz CT molecular complexity index is 1580. The van der Waals surface area contributed by atoms with Crippen LogP contribution in [0.4, 0.5) is 11.4 Å². The maximum Gasteiger partial charge on any atom is 0.264 e. The van der Waals surface area contributed by atoms with Crippen molar-refractivity contribution in [3.05, 3.63) is 119 Å². The average Bonchev–Trinajstić information content (AvgIpc) is 2.97. The van der Waals surface area contributed by atoms with E-state index >= 15 is 0 Å². The summed E-state index contributed by atoms with van der Waals surface area (Å²) in [4.78, 5) is 26.2. The number of hydrogen-bond acceptors (Lipinski definition) is 5. The lowest BCUT2D eigenvalue weighted by Crippen LogP contribution is -2.38. The van der Waals surface area contributed by atoms with E-state index in [4.69, 9.17) is 16.3 Å². The highest BCUT2D eigenvalue weighted by Gasteiger charge is 2.30. The molecule has 4 aromatic rings. The molecule has 4 rings (SSSR count). The SMILES string of the molecule is COc1ccc(Cl)cc1N(CC(=O)Nc1ccccc1C(=O)NCCc1ccccc1)S(=O)(=O)c1ccccc1. The molecular formula is C30H28ClN3O5S. The van der Waals surface area contributed by atoms with Gasteiger partial charge in [-0.1, -0.05) is 72.3 Å². The summed E-state index contributed by atoms with van der Waals surface area (Å²) in [6, 6.07) is 28.5. The predicted molar refractivity (Wildman–Crippen MR) is 157 cm³/mol. The van der Waals surface area contributed by atoms with E-state index in [9.17, 15) is 18.0 Å². The average molecular weight is 578 g/mol. The Morgan fingerprint density at radius 3 is 2.23 bits per heavy atom. The van der Waals surface area contributed by atoms with Crippen LogP contribution in [0.15, 0.2) is 108 Å². The molecule has 2 N–H and O–H groups in total. The first-order valence-corrected chi connectivity index (χ1v) is 14.2. The van der Waals surface area contributed by atoms with Crippen molar-refractivity contribution in [1.29, 1.82) is 0 Å². The minimum Gasteiger partial charge on any atom is -0.495 e. The fourth-order valence-electron chi connectivity index (χ4n) is 4.05. The molecule has 0 aliphatic carbocycles. The molecule has 10 heteroatoms. The number of sulfonamides is 1. The van der Waals surface area contributed by atoms with Gasteiger partial charge in [0.15, 0.2) is 0 Å². The standard InChI is InChI=1S/C30H28ClN3O5S/c1-39-28-17-16-23(31)20-27(28)34(40(37,38)24-12-6-3-7-13-24)21-29(35)33-26-15-9-8-14-25(26)30(36)32-19-18-22-10-4-2-5-11-22/h2-17,20H,18-19,21H2,1H3,(H,32,36)(H,33,35). The van der Waals surface area contributed by atoms with Crippen LogP contribution in [0.5, 0.6) is 5.75 Å². The van der Waals surface area contributed by atoms with Crippen LogP contribution in [-0.2, 0) is 21.2 Å². The van der Waals surface area contributed by atoms with Crippen molar-refractivity contribution >= 4 is 44.8 Å². The van der Waals surface area contributed by atoms with Crippen molar-refractivity contribution in [3.63, 3.8) is 0 Å². The van der Waals surface area contributed by atoms with Crippen molar-refractivity contribution in [1.82, 2.24) is 5.32 Å². The largest absolute Gasteiger partial charge is 0.495 e. The summed E-state index contributed by atoms with van der Waals surface area (Å²) >= 11 is 6.19. The number of ether oxygens (including phenoxy) is 1. The summed E-state index contributed by atoms with van der Waals surface area (Å²) in [6.07, 6.45) is 0.648. The first kappa shape index (κ1) is 28.7. The van der Waals surface area contributed by atoms with Gasteiger partial charge in [-0.25, -0.2) is 8.42 Å². The molecule has 0 heterocycles. The molecule has 0 fully saturated rings. The van der Waals surface area contributed by atoms with Gasteiger partial charge in [-0.3, -0.25) is 13.9 Å². The van der Waals surface area contributed by atoms with E-state index in [-0.39, 0.29) is 38.5 Å². The van der Waals surface area contributed by atoms with E-state index in [1.54, 1.807) is 48.5 Å². The highest BCUT2D eigenvalue weighted by Crippen LogP contribution is 2.35. The number of carbonyl (C=O) groups excluding carboxylic acids is 2. The molecule has 40 heavy (non-hydrogen) atoms. The number of rotatable bonds is 11. The number of methoxy groups -OCH3 is 1. The molecule has 0 aliphatic heterocycles. The van der Waals surface area contributed by atoms with E-state index in [1.165, 1.54) is 31.4 Å². The van der Waals surface area contributed by atoms with Gasteiger partial charge < -0.3 is 15.4 Å². The smallest absolute Gasteiger partial charge is 0.264 e. The Labute approximate surface area is 238 Å². The van der Waals surface area contributed by atoms with Crippen molar-refractivity contribution < 1.29 is 22.7 Å². The Morgan fingerprint density at radius 1 is 0.875 bits per heavy atom. The molecule has 206 valence electrons. The van der Waals surface area contributed by atoms with Gasteiger partial charge in [0.05, 0.1) is 28.9 Å². The number of halogens is 1. The topological polar surface area (TPSA) is 105 Å². The Kier molecular flexibility index (Phi) is 9.42. The van der Waals surface area contributed by atoms with Crippen molar-refractivity contribution in [2.24, 2.45) is 0 Å². The normalized spacial score (nSPS) is 10.9. The van der Waals surface area contributed by atoms with Gasteiger partial charge in [-0.2, -0.15) is 0 Å². The molecule has 4 aromatic carbocycles. The fourth-order valence-corrected chi connectivity index (χ4v) is 5.66. The number of nitrogens with one attached hydrogen (secondary N) is 2. The van der Waals surface area contributed by atoms with Crippen LogP contribution in [0.1, 0.15) is 15.9 Å². The minimum atomic E-state index is -4.20. The van der Waals surface area contributed by atoms with Crippen LogP contribution in [0.2, 0.25) is 5.02 Å². The van der Waals surface area contributed by atoms with Gasteiger partial charge in [-0.05, 0) is 54.4 Å². The quantitative estimate of drug-likeness (QED) is 0.256. The van der Waals surface area contributed by atoms with E-state index < -0.39 is 22.5 Å². The highest BCUT2D eigenvalue weighted by atomic mass is 35.5. The van der Waals surface area contributed by atoms with Crippen molar-refractivity contribution in [3.8, 4) is 5.75 Å². The second kappa shape index (κ2) is 13.1. The summed E-state index contributed by atoms with van der Waals surface area (Å²) in [5, 5.41) is 5.83. The lowest BCUT2D eigenvalue weighted by molar-refractivity contribution is -0.114. The first-order chi connectivity index (χ1) is 19.3. The van der Waals surface area contributed by atoms with E-state index in [0.29, 0.717) is 13.0 Å². The molecule has 0 aromatic heterocycles. The number of para-hydroxylation sites is 1. The molecular weight excluding hydrogens is 550 g/mol. The molecule has 8 nitrogen and oxygen atoms in total. The molecule has 0 saturated carbocycles. The summed E-state index contributed by atoms with van der Waals surface area (Å²) in [5.41, 5.74) is 1.68. The number of benzene rings is 4.